The summed E-state index contributed by atoms with van der Waals surface area (Å²) in [6, 6.07) is 4.10. The smallest absolute Gasteiger partial charge is 0.191 e. The van der Waals surface area contributed by atoms with E-state index in [1.165, 1.54) is 44.1 Å². The Morgan fingerprint density at radius 1 is 1.32 bits per heavy atom. The number of rotatable bonds is 8. The molecule has 0 aromatic carbocycles. The van der Waals surface area contributed by atoms with Crippen LogP contribution in [0.4, 0.5) is 0 Å². The predicted octanol–water partition coefficient (Wildman–Crippen LogP) is 3.15. The van der Waals surface area contributed by atoms with E-state index in [1.807, 2.05) is 18.5 Å². The van der Waals surface area contributed by atoms with Crippen LogP contribution >= 0.6 is 0 Å². The van der Waals surface area contributed by atoms with Gasteiger partial charge >= 0.3 is 0 Å². The van der Waals surface area contributed by atoms with E-state index in [0.717, 1.165) is 37.9 Å². The maximum absolute atomic E-state index is 4.68. The molecule has 0 bridgehead atoms. The maximum Gasteiger partial charge on any atom is 0.191 e. The van der Waals surface area contributed by atoms with Crippen molar-refractivity contribution >= 4 is 5.96 Å². The zero-order valence-corrected chi connectivity index (χ0v) is 13.9. The van der Waals surface area contributed by atoms with Gasteiger partial charge in [0.25, 0.3) is 0 Å². The van der Waals surface area contributed by atoms with Crippen LogP contribution in [0.1, 0.15) is 51.0 Å². The van der Waals surface area contributed by atoms with Crippen LogP contribution in [0.3, 0.4) is 0 Å². The quantitative estimate of drug-likeness (QED) is 0.440. The minimum Gasteiger partial charge on any atom is -0.357 e. The van der Waals surface area contributed by atoms with Gasteiger partial charge in [0.15, 0.2) is 5.96 Å². The molecule has 22 heavy (non-hydrogen) atoms. The van der Waals surface area contributed by atoms with Crippen LogP contribution in [-0.4, -0.2) is 30.6 Å². The number of aliphatic imine (C=N–C) groups is 1. The Kier molecular flexibility index (Phi) is 7.78. The first-order valence-corrected chi connectivity index (χ1v) is 8.79. The van der Waals surface area contributed by atoms with E-state index >= 15 is 0 Å². The monoisotopic (exact) mass is 302 g/mol. The molecule has 0 unspecified atom stereocenters. The summed E-state index contributed by atoms with van der Waals surface area (Å²) in [5, 5.41) is 6.73. The minimum absolute atomic E-state index is 0.889. The zero-order chi connectivity index (χ0) is 15.5. The van der Waals surface area contributed by atoms with Gasteiger partial charge in [-0.25, -0.2) is 0 Å². The summed E-state index contributed by atoms with van der Waals surface area (Å²) in [4.78, 5) is 8.83. The fraction of sp³-hybridized carbons (Fsp3) is 0.667. The largest absolute Gasteiger partial charge is 0.357 e. The van der Waals surface area contributed by atoms with Crippen molar-refractivity contribution in [2.45, 2.75) is 51.9 Å². The molecule has 0 atom stereocenters. The molecular formula is C18H30N4. The molecule has 0 saturated heterocycles. The molecule has 2 N–H and O–H groups in total. The van der Waals surface area contributed by atoms with Crippen LogP contribution in [0, 0.1) is 5.92 Å². The number of guanidine groups is 1. The van der Waals surface area contributed by atoms with Crippen molar-refractivity contribution in [1.82, 2.24) is 15.6 Å². The Bertz CT molecular complexity index is 424. The fourth-order valence-corrected chi connectivity index (χ4v) is 3.08. The maximum atomic E-state index is 4.68. The molecule has 4 heteroatoms. The fourth-order valence-electron chi connectivity index (χ4n) is 3.08. The van der Waals surface area contributed by atoms with Gasteiger partial charge in [-0.1, -0.05) is 31.7 Å². The van der Waals surface area contributed by atoms with Crippen molar-refractivity contribution in [2.24, 2.45) is 10.9 Å². The molecule has 4 nitrogen and oxygen atoms in total. The summed E-state index contributed by atoms with van der Waals surface area (Å²) in [7, 11) is 0. The number of nitrogens with one attached hydrogen (secondary N) is 2. The SMILES string of the molecule is CCNC(=NCCCC1CCCC1)NCCc1cccnc1. The zero-order valence-electron chi connectivity index (χ0n) is 13.9. The molecule has 122 valence electrons. The van der Waals surface area contributed by atoms with Crippen molar-refractivity contribution in [3.05, 3.63) is 30.1 Å². The van der Waals surface area contributed by atoms with Crippen molar-refractivity contribution in [1.29, 1.82) is 0 Å². The molecule has 1 fully saturated rings. The van der Waals surface area contributed by atoms with Crippen LogP contribution in [-0.2, 0) is 6.42 Å². The van der Waals surface area contributed by atoms with Gasteiger partial charge < -0.3 is 10.6 Å². The Hall–Kier alpha value is -1.58. The molecule has 1 saturated carbocycles. The van der Waals surface area contributed by atoms with Gasteiger partial charge in [-0.3, -0.25) is 9.98 Å². The summed E-state index contributed by atoms with van der Waals surface area (Å²) in [5.74, 6) is 1.91. The van der Waals surface area contributed by atoms with Crippen LogP contribution in [0.5, 0.6) is 0 Å². The molecule has 0 aliphatic heterocycles. The van der Waals surface area contributed by atoms with E-state index in [4.69, 9.17) is 0 Å². The van der Waals surface area contributed by atoms with Crippen molar-refractivity contribution in [3.63, 3.8) is 0 Å². The highest BCUT2D eigenvalue weighted by atomic mass is 15.2. The Morgan fingerprint density at radius 2 is 2.18 bits per heavy atom. The highest BCUT2D eigenvalue weighted by Gasteiger charge is 2.13. The van der Waals surface area contributed by atoms with Gasteiger partial charge in [0.05, 0.1) is 0 Å². The lowest BCUT2D eigenvalue weighted by atomic mass is 10.0. The van der Waals surface area contributed by atoms with Crippen molar-refractivity contribution in [3.8, 4) is 0 Å². The summed E-state index contributed by atoms with van der Waals surface area (Å²) >= 11 is 0. The molecule has 0 radical (unpaired) electrons. The molecule has 1 aromatic rings. The second-order valence-electron chi connectivity index (χ2n) is 6.09. The molecule has 1 aliphatic rings. The summed E-state index contributed by atoms with van der Waals surface area (Å²) in [6.45, 7) is 4.83. The highest BCUT2D eigenvalue weighted by molar-refractivity contribution is 5.79. The number of hydrogen-bond donors (Lipinski definition) is 2. The lowest BCUT2D eigenvalue weighted by molar-refractivity contribution is 0.487. The number of aromatic nitrogens is 1. The van der Waals surface area contributed by atoms with Crippen LogP contribution < -0.4 is 10.6 Å². The van der Waals surface area contributed by atoms with E-state index in [1.54, 1.807) is 0 Å². The summed E-state index contributed by atoms with van der Waals surface area (Å²) in [6.07, 6.45) is 13.0. The number of nitrogens with zero attached hydrogens (tertiary/aromatic N) is 2. The van der Waals surface area contributed by atoms with Gasteiger partial charge in [0, 0.05) is 32.0 Å². The first kappa shape index (κ1) is 16.8. The number of pyridine rings is 1. The molecule has 1 aliphatic carbocycles. The first-order chi connectivity index (χ1) is 10.9. The topological polar surface area (TPSA) is 49.3 Å². The third kappa shape index (κ3) is 6.46. The Labute approximate surface area is 134 Å². The molecule has 0 amide bonds. The normalized spacial score (nSPS) is 16.0. The summed E-state index contributed by atoms with van der Waals surface area (Å²) in [5.41, 5.74) is 1.26. The molecule has 1 aromatic heterocycles. The van der Waals surface area contributed by atoms with Crippen LogP contribution in [0.2, 0.25) is 0 Å². The lowest BCUT2D eigenvalue weighted by Gasteiger charge is -2.12. The molecular weight excluding hydrogens is 272 g/mol. The van der Waals surface area contributed by atoms with Gasteiger partial charge in [0.2, 0.25) is 0 Å². The van der Waals surface area contributed by atoms with Crippen molar-refractivity contribution < 1.29 is 0 Å². The summed E-state index contributed by atoms with van der Waals surface area (Å²) < 4.78 is 0. The van der Waals surface area contributed by atoms with Gasteiger partial charge in [-0.15, -0.1) is 0 Å². The van der Waals surface area contributed by atoms with E-state index in [-0.39, 0.29) is 0 Å². The average Bonchev–Trinajstić information content (AvgIpc) is 3.06. The van der Waals surface area contributed by atoms with Crippen molar-refractivity contribution in [2.75, 3.05) is 19.6 Å². The van der Waals surface area contributed by atoms with E-state index in [9.17, 15) is 0 Å². The standard InChI is InChI=1S/C18H30N4/c1-2-20-18(21-13-6-9-16-7-3-4-8-16)22-14-11-17-10-5-12-19-15-17/h5,10,12,15-16H,2-4,6-9,11,13-14H2,1H3,(H2,20,21,22). The second-order valence-corrected chi connectivity index (χ2v) is 6.09. The van der Waals surface area contributed by atoms with E-state index in [0.29, 0.717) is 0 Å². The Balaban J connectivity index is 1.65. The highest BCUT2D eigenvalue weighted by Crippen LogP contribution is 2.28. The number of hydrogen-bond acceptors (Lipinski definition) is 2. The molecule has 2 rings (SSSR count). The predicted molar refractivity (Wildman–Crippen MR) is 93.1 cm³/mol. The third-order valence-corrected chi connectivity index (χ3v) is 4.29. The Morgan fingerprint density at radius 3 is 2.91 bits per heavy atom. The lowest BCUT2D eigenvalue weighted by Crippen LogP contribution is -2.38. The van der Waals surface area contributed by atoms with E-state index < -0.39 is 0 Å². The van der Waals surface area contributed by atoms with Crippen LogP contribution in [0.25, 0.3) is 0 Å². The van der Waals surface area contributed by atoms with Gasteiger partial charge in [0.1, 0.15) is 0 Å². The third-order valence-electron chi connectivity index (χ3n) is 4.29. The molecule has 0 spiro atoms. The average molecular weight is 302 g/mol. The van der Waals surface area contributed by atoms with Gasteiger partial charge in [-0.2, -0.15) is 0 Å². The van der Waals surface area contributed by atoms with Crippen LogP contribution in [0.15, 0.2) is 29.5 Å². The van der Waals surface area contributed by atoms with Gasteiger partial charge in [-0.05, 0) is 43.7 Å². The van der Waals surface area contributed by atoms with E-state index in [2.05, 4.69) is 33.6 Å². The first-order valence-electron chi connectivity index (χ1n) is 8.79. The minimum atomic E-state index is 0.889. The molecule has 1 heterocycles. The second kappa shape index (κ2) is 10.2.